The molecule has 7 nitrogen and oxygen atoms in total. The number of benzene rings is 2. The molecule has 0 amide bonds. The highest BCUT2D eigenvalue weighted by Crippen LogP contribution is 2.45. The van der Waals surface area contributed by atoms with Gasteiger partial charge >= 0.3 is 0 Å². The summed E-state index contributed by atoms with van der Waals surface area (Å²) in [6.07, 6.45) is 0. The number of nitro groups is 1. The molecule has 0 spiro atoms. The number of methoxy groups -OCH3 is 1. The number of nitrogens with zero attached hydrogens (tertiary/aromatic N) is 2. The van der Waals surface area contributed by atoms with Gasteiger partial charge in [0.05, 0.1) is 22.3 Å². The maximum absolute atomic E-state index is 13.2. The molecule has 144 valence electrons. The Bertz CT molecular complexity index is 997. The Balaban J connectivity index is 2.06. The summed E-state index contributed by atoms with van der Waals surface area (Å²) < 4.78 is 34.0. The number of ether oxygens (including phenoxy) is 1. The molecule has 10 heteroatoms. The number of nitro benzene ring substituents is 1. The van der Waals surface area contributed by atoms with Crippen LogP contribution in [0.3, 0.4) is 0 Å². The van der Waals surface area contributed by atoms with Gasteiger partial charge in [0.2, 0.25) is 10.0 Å². The molecule has 1 fully saturated rings. The Labute approximate surface area is 170 Å². The summed E-state index contributed by atoms with van der Waals surface area (Å²) >= 11 is 4.90. The van der Waals surface area contributed by atoms with Crippen molar-refractivity contribution in [1.29, 1.82) is 0 Å². The molecule has 0 aliphatic carbocycles. The van der Waals surface area contributed by atoms with Crippen molar-refractivity contribution in [3.8, 4) is 5.75 Å². The fourth-order valence-electron chi connectivity index (χ4n) is 2.93. The van der Waals surface area contributed by atoms with E-state index in [2.05, 4.69) is 15.9 Å². The van der Waals surface area contributed by atoms with E-state index in [1.807, 2.05) is 12.1 Å². The number of hydrogen-bond acceptors (Lipinski definition) is 6. The van der Waals surface area contributed by atoms with Gasteiger partial charge in [-0.1, -0.05) is 22.0 Å². The van der Waals surface area contributed by atoms with Gasteiger partial charge in [0.15, 0.2) is 0 Å². The van der Waals surface area contributed by atoms with Gasteiger partial charge in [0.1, 0.15) is 5.75 Å². The standard InChI is InChI=1S/C17H17BrN2O5S2/c1-11-3-5-13(10-15(11)20(21)22)27(23,24)19-7-8-26-17(19)14-9-12(18)4-6-16(14)25-2/h3-6,9-10,17H,7-8H2,1-2H3/t17-/m1/s1. The second-order valence-electron chi connectivity index (χ2n) is 5.93. The Kier molecular flexibility index (Phi) is 5.80. The van der Waals surface area contributed by atoms with Crippen LogP contribution in [0.4, 0.5) is 5.69 Å². The van der Waals surface area contributed by atoms with Crippen LogP contribution in [0.2, 0.25) is 0 Å². The summed E-state index contributed by atoms with van der Waals surface area (Å²) in [7, 11) is -2.37. The van der Waals surface area contributed by atoms with E-state index in [9.17, 15) is 18.5 Å². The summed E-state index contributed by atoms with van der Waals surface area (Å²) in [5, 5.41) is 10.7. The summed E-state index contributed by atoms with van der Waals surface area (Å²) in [4.78, 5) is 10.6. The van der Waals surface area contributed by atoms with E-state index in [1.165, 1.54) is 35.3 Å². The fraction of sp³-hybridized carbons (Fsp3) is 0.294. The molecule has 0 aromatic heterocycles. The molecule has 1 aliphatic rings. The van der Waals surface area contributed by atoms with E-state index in [0.717, 1.165) is 16.1 Å². The van der Waals surface area contributed by atoms with Crippen LogP contribution in [0.15, 0.2) is 45.8 Å². The van der Waals surface area contributed by atoms with E-state index < -0.39 is 20.3 Å². The molecule has 1 heterocycles. The van der Waals surface area contributed by atoms with E-state index >= 15 is 0 Å². The van der Waals surface area contributed by atoms with Crippen LogP contribution in [0.25, 0.3) is 0 Å². The fourth-order valence-corrected chi connectivity index (χ4v) is 6.57. The third-order valence-corrected chi connectivity index (χ3v) is 8.02. The van der Waals surface area contributed by atoms with Crippen LogP contribution >= 0.6 is 27.7 Å². The molecule has 1 atom stereocenters. The smallest absolute Gasteiger partial charge is 0.273 e. The summed E-state index contributed by atoms with van der Waals surface area (Å²) in [5.41, 5.74) is 0.944. The lowest BCUT2D eigenvalue weighted by Gasteiger charge is -2.25. The predicted octanol–water partition coefficient (Wildman–Crippen LogP) is 4.11. The van der Waals surface area contributed by atoms with Crippen molar-refractivity contribution in [2.24, 2.45) is 0 Å². The normalized spacial score (nSPS) is 17.8. The quantitative estimate of drug-likeness (QED) is 0.480. The highest BCUT2D eigenvalue weighted by Gasteiger charge is 2.39. The molecule has 1 aliphatic heterocycles. The van der Waals surface area contributed by atoms with Crippen molar-refractivity contribution in [1.82, 2.24) is 4.31 Å². The molecule has 1 saturated heterocycles. The van der Waals surface area contributed by atoms with Crippen LogP contribution in [-0.4, -0.2) is 37.1 Å². The minimum Gasteiger partial charge on any atom is -0.496 e. The summed E-state index contributed by atoms with van der Waals surface area (Å²) in [6, 6.07) is 9.44. The van der Waals surface area contributed by atoms with Crippen LogP contribution in [0, 0.1) is 17.0 Å². The van der Waals surface area contributed by atoms with Gasteiger partial charge in [-0.05, 0) is 31.2 Å². The minimum absolute atomic E-state index is 0.0822. The first kappa shape index (κ1) is 20.1. The number of sulfonamides is 1. The lowest BCUT2D eigenvalue weighted by Crippen LogP contribution is -2.30. The molecule has 2 aromatic carbocycles. The van der Waals surface area contributed by atoms with Crippen molar-refractivity contribution in [3.05, 3.63) is 62.1 Å². The zero-order valence-electron chi connectivity index (χ0n) is 14.6. The van der Waals surface area contributed by atoms with Crippen LogP contribution in [0.5, 0.6) is 5.75 Å². The van der Waals surface area contributed by atoms with Crippen LogP contribution in [0.1, 0.15) is 16.5 Å². The number of rotatable bonds is 5. The molecule has 2 aromatic rings. The molecule has 0 bridgehead atoms. The highest BCUT2D eigenvalue weighted by atomic mass is 79.9. The lowest BCUT2D eigenvalue weighted by molar-refractivity contribution is -0.385. The van der Waals surface area contributed by atoms with Crippen molar-refractivity contribution < 1.29 is 18.1 Å². The summed E-state index contributed by atoms with van der Waals surface area (Å²) in [5.74, 6) is 1.21. The zero-order valence-corrected chi connectivity index (χ0v) is 17.8. The summed E-state index contributed by atoms with van der Waals surface area (Å²) in [6.45, 7) is 1.89. The van der Waals surface area contributed by atoms with E-state index in [-0.39, 0.29) is 10.6 Å². The Morgan fingerprint density at radius 2 is 2.04 bits per heavy atom. The Hall–Kier alpha value is -1.62. The molecular formula is C17H17BrN2O5S2. The molecule has 0 radical (unpaired) electrons. The number of aryl methyl sites for hydroxylation is 1. The van der Waals surface area contributed by atoms with Crippen molar-refractivity contribution in [2.45, 2.75) is 17.2 Å². The number of halogens is 1. The van der Waals surface area contributed by atoms with Gasteiger partial charge in [0, 0.05) is 34.0 Å². The molecule has 27 heavy (non-hydrogen) atoms. The van der Waals surface area contributed by atoms with Gasteiger partial charge in [0.25, 0.3) is 5.69 Å². The van der Waals surface area contributed by atoms with Gasteiger partial charge < -0.3 is 4.74 Å². The molecule has 3 rings (SSSR count). The number of hydrogen-bond donors (Lipinski definition) is 0. The molecule has 0 N–H and O–H groups in total. The van der Waals surface area contributed by atoms with Crippen molar-refractivity contribution in [3.63, 3.8) is 0 Å². The maximum Gasteiger partial charge on any atom is 0.273 e. The average molecular weight is 473 g/mol. The van der Waals surface area contributed by atoms with Gasteiger partial charge in [-0.2, -0.15) is 4.31 Å². The lowest BCUT2D eigenvalue weighted by atomic mass is 10.2. The third-order valence-electron chi connectivity index (χ3n) is 4.29. The maximum atomic E-state index is 13.2. The first-order valence-electron chi connectivity index (χ1n) is 7.97. The molecule has 0 saturated carbocycles. The molecular weight excluding hydrogens is 456 g/mol. The average Bonchev–Trinajstić information content (AvgIpc) is 3.12. The second kappa shape index (κ2) is 7.78. The first-order chi connectivity index (χ1) is 12.8. The molecule has 0 unspecified atom stereocenters. The van der Waals surface area contributed by atoms with Crippen molar-refractivity contribution in [2.75, 3.05) is 19.4 Å². The second-order valence-corrected chi connectivity index (χ2v) is 9.92. The topological polar surface area (TPSA) is 89.8 Å². The third kappa shape index (κ3) is 3.84. The van der Waals surface area contributed by atoms with Crippen LogP contribution in [-0.2, 0) is 10.0 Å². The van der Waals surface area contributed by atoms with Gasteiger partial charge in [-0.25, -0.2) is 8.42 Å². The largest absolute Gasteiger partial charge is 0.496 e. The Morgan fingerprint density at radius 3 is 2.70 bits per heavy atom. The SMILES string of the molecule is COc1ccc(Br)cc1[C@H]1SCCN1S(=O)(=O)c1ccc(C)c([N+](=O)[O-])c1. The highest BCUT2D eigenvalue weighted by molar-refractivity contribution is 9.10. The van der Waals surface area contributed by atoms with Gasteiger partial charge in [-0.3, -0.25) is 10.1 Å². The zero-order chi connectivity index (χ0) is 19.8. The number of thioether (sulfide) groups is 1. The first-order valence-corrected chi connectivity index (χ1v) is 11.3. The van der Waals surface area contributed by atoms with E-state index in [4.69, 9.17) is 4.74 Å². The van der Waals surface area contributed by atoms with Crippen LogP contribution < -0.4 is 4.74 Å². The monoisotopic (exact) mass is 472 g/mol. The minimum atomic E-state index is -3.91. The van der Waals surface area contributed by atoms with Crippen molar-refractivity contribution >= 4 is 43.4 Å². The predicted molar refractivity (Wildman–Crippen MR) is 108 cm³/mol. The van der Waals surface area contributed by atoms with E-state index in [0.29, 0.717) is 23.6 Å². The van der Waals surface area contributed by atoms with Gasteiger partial charge in [-0.15, -0.1) is 11.8 Å². The Morgan fingerprint density at radius 1 is 1.30 bits per heavy atom. The van der Waals surface area contributed by atoms with E-state index in [1.54, 1.807) is 13.0 Å².